The number of esters is 1. The number of anilines is 1. The molecule has 1 aliphatic rings. The summed E-state index contributed by atoms with van der Waals surface area (Å²) in [5, 5.41) is 8.39. The molecule has 5 nitrogen and oxygen atoms in total. The number of carbonyl (C=O) groups is 1. The molecule has 148 valence electrons. The van der Waals surface area contributed by atoms with Gasteiger partial charge in [-0.05, 0) is 55.8 Å². The van der Waals surface area contributed by atoms with E-state index < -0.39 is 0 Å². The number of ether oxygens (including phenoxy) is 1. The van der Waals surface area contributed by atoms with Crippen molar-refractivity contribution in [3.05, 3.63) is 88.0 Å². The van der Waals surface area contributed by atoms with Crippen LogP contribution >= 0.6 is 11.6 Å². The lowest BCUT2D eigenvalue weighted by molar-refractivity contribution is -0.138. The number of hydrogen-bond acceptors (Lipinski definition) is 4. The molecule has 1 aliphatic heterocycles. The first kappa shape index (κ1) is 19.2. The summed E-state index contributed by atoms with van der Waals surface area (Å²) in [7, 11) is 0. The number of hydrogen-bond donors (Lipinski definition) is 1. The average molecular weight is 412 g/mol. The maximum atomic E-state index is 13.3. The van der Waals surface area contributed by atoms with Gasteiger partial charge in [-0.1, -0.05) is 23.7 Å². The van der Waals surface area contributed by atoms with Crippen molar-refractivity contribution in [3.63, 3.8) is 0 Å². The van der Waals surface area contributed by atoms with Crippen LogP contribution < -0.4 is 5.32 Å². The van der Waals surface area contributed by atoms with Gasteiger partial charge in [-0.3, -0.25) is 0 Å². The summed E-state index contributed by atoms with van der Waals surface area (Å²) in [4.78, 5) is 12.8. The van der Waals surface area contributed by atoms with Crippen molar-refractivity contribution in [2.24, 2.45) is 0 Å². The fourth-order valence-corrected chi connectivity index (χ4v) is 3.70. The van der Waals surface area contributed by atoms with E-state index in [1.807, 2.05) is 19.1 Å². The number of halogens is 2. The fraction of sp³-hybridized carbons (Fsp3) is 0.182. The Labute approximate surface area is 172 Å². The van der Waals surface area contributed by atoms with Crippen LogP contribution in [0.2, 0.25) is 5.02 Å². The molecule has 0 radical (unpaired) electrons. The summed E-state index contributed by atoms with van der Waals surface area (Å²) >= 11 is 6.06. The highest BCUT2D eigenvalue weighted by Gasteiger charge is 2.35. The van der Waals surface area contributed by atoms with Gasteiger partial charge in [0, 0.05) is 22.2 Å². The standard InChI is InChI=1S/C22H19ClFN3O2/c1-3-29-22(28)19-13(2)26-21-18(20(19)14-4-6-15(23)7-5-14)12-25-27(21)17-10-8-16(24)9-11-17/h4-12,20,26H,3H2,1-2H3. The maximum absolute atomic E-state index is 13.3. The minimum Gasteiger partial charge on any atom is -0.463 e. The summed E-state index contributed by atoms with van der Waals surface area (Å²) in [6, 6.07) is 13.4. The third-order valence-corrected chi connectivity index (χ3v) is 5.13. The summed E-state index contributed by atoms with van der Waals surface area (Å²) in [6.45, 7) is 3.89. The van der Waals surface area contributed by atoms with Crippen molar-refractivity contribution in [1.29, 1.82) is 0 Å². The molecule has 2 aromatic carbocycles. The second-order valence-corrected chi connectivity index (χ2v) is 7.14. The Morgan fingerprint density at radius 3 is 2.55 bits per heavy atom. The Bertz CT molecular complexity index is 1090. The van der Waals surface area contributed by atoms with Crippen molar-refractivity contribution in [1.82, 2.24) is 9.78 Å². The first-order valence-electron chi connectivity index (χ1n) is 9.23. The van der Waals surface area contributed by atoms with E-state index in [4.69, 9.17) is 16.3 Å². The molecule has 2 heterocycles. The minimum atomic E-state index is -0.377. The highest BCUT2D eigenvalue weighted by molar-refractivity contribution is 6.30. The quantitative estimate of drug-likeness (QED) is 0.610. The second-order valence-electron chi connectivity index (χ2n) is 6.71. The smallest absolute Gasteiger partial charge is 0.336 e. The lowest BCUT2D eigenvalue weighted by atomic mass is 9.83. The zero-order chi connectivity index (χ0) is 20.5. The topological polar surface area (TPSA) is 56.1 Å². The van der Waals surface area contributed by atoms with E-state index in [1.54, 1.807) is 42.1 Å². The third kappa shape index (κ3) is 3.51. The van der Waals surface area contributed by atoms with Crippen molar-refractivity contribution >= 4 is 23.4 Å². The number of aromatic nitrogens is 2. The van der Waals surface area contributed by atoms with Crippen LogP contribution in [0.1, 0.15) is 30.9 Å². The Kier molecular flexibility index (Phi) is 5.11. The molecule has 1 N–H and O–H groups in total. The Balaban J connectivity index is 1.87. The Hall–Kier alpha value is -3.12. The number of rotatable bonds is 4. The van der Waals surface area contributed by atoms with E-state index in [1.165, 1.54) is 12.1 Å². The van der Waals surface area contributed by atoms with Crippen molar-refractivity contribution in [2.75, 3.05) is 11.9 Å². The molecule has 0 bridgehead atoms. The summed E-state index contributed by atoms with van der Waals surface area (Å²) < 4.78 is 20.4. The molecule has 0 aliphatic carbocycles. The van der Waals surface area contributed by atoms with Gasteiger partial charge in [0.25, 0.3) is 0 Å². The number of carbonyl (C=O) groups excluding carboxylic acids is 1. The van der Waals surface area contributed by atoms with E-state index in [-0.39, 0.29) is 24.3 Å². The van der Waals surface area contributed by atoms with Gasteiger partial charge in [-0.15, -0.1) is 0 Å². The van der Waals surface area contributed by atoms with Gasteiger partial charge in [0.15, 0.2) is 0 Å². The van der Waals surface area contributed by atoms with Gasteiger partial charge < -0.3 is 10.1 Å². The van der Waals surface area contributed by atoms with Crippen LogP contribution in [0, 0.1) is 5.82 Å². The normalized spacial score (nSPS) is 15.7. The highest BCUT2D eigenvalue weighted by Crippen LogP contribution is 2.43. The summed E-state index contributed by atoms with van der Waals surface area (Å²) in [6.07, 6.45) is 1.72. The molecular formula is C22H19ClFN3O2. The van der Waals surface area contributed by atoms with Crippen molar-refractivity contribution < 1.29 is 13.9 Å². The minimum absolute atomic E-state index is 0.282. The fourth-order valence-electron chi connectivity index (χ4n) is 3.57. The molecule has 0 saturated carbocycles. The van der Waals surface area contributed by atoms with E-state index >= 15 is 0 Å². The first-order chi connectivity index (χ1) is 14.0. The molecule has 1 atom stereocenters. The van der Waals surface area contributed by atoms with E-state index in [9.17, 15) is 9.18 Å². The average Bonchev–Trinajstić information content (AvgIpc) is 3.12. The Morgan fingerprint density at radius 1 is 1.21 bits per heavy atom. The van der Waals surface area contributed by atoms with Gasteiger partial charge >= 0.3 is 5.97 Å². The largest absolute Gasteiger partial charge is 0.463 e. The van der Waals surface area contributed by atoms with Crippen LogP contribution in [0.15, 0.2) is 66.0 Å². The van der Waals surface area contributed by atoms with Crippen LogP contribution in [0.4, 0.5) is 10.2 Å². The highest BCUT2D eigenvalue weighted by atomic mass is 35.5. The molecular weight excluding hydrogens is 393 g/mol. The number of nitrogens with zero attached hydrogens (tertiary/aromatic N) is 2. The molecule has 7 heteroatoms. The number of benzene rings is 2. The lowest BCUT2D eigenvalue weighted by Gasteiger charge is -2.28. The lowest BCUT2D eigenvalue weighted by Crippen LogP contribution is -2.24. The van der Waals surface area contributed by atoms with Gasteiger partial charge in [0.1, 0.15) is 11.6 Å². The van der Waals surface area contributed by atoms with Gasteiger partial charge in [0.05, 0.1) is 24.1 Å². The SMILES string of the molecule is CCOC(=O)C1=C(C)Nc2c(cnn2-c2ccc(F)cc2)C1c1ccc(Cl)cc1. The second kappa shape index (κ2) is 7.72. The first-order valence-corrected chi connectivity index (χ1v) is 9.61. The molecule has 0 spiro atoms. The Morgan fingerprint density at radius 2 is 1.90 bits per heavy atom. The van der Waals surface area contributed by atoms with E-state index in [0.717, 1.165) is 16.9 Å². The predicted molar refractivity (Wildman–Crippen MR) is 110 cm³/mol. The molecule has 3 aromatic rings. The molecule has 1 aromatic heterocycles. The van der Waals surface area contributed by atoms with Gasteiger partial charge in [-0.25, -0.2) is 13.9 Å². The third-order valence-electron chi connectivity index (χ3n) is 4.88. The molecule has 4 rings (SSSR count). The number of nitrogens with one attached hydrogen (secondary N) is 1. The van der Waals surface area contributed by atoms with Crippen molar-refractivity contribution in [2.45, 2.75) is 19.8 Å². The molecule has 1 unspecified atom stereocenters. The van der Waals surface area contributed by atoms with Crippen LogP contribution in [0.5, 0.6) is 0 Å². The monoisotopic (exact) mass is 411 g/mol. The van der Waals surface area contributed by atoms with Crippen molar-refractivity contribution in [3.8, 4) is 5.69 Å². The maximum Gasteiger partial charge on any atom is 0.336 e. The van der Waals surface area contributed by atoms with Crippen LogP contribution in [0.3, 0.4) is 0 Å². The van der Waals surface area contributed by atoms with E-state index in [2.05, 4.69) is 10.4 Å². The molecule has 0 amide bonds. The van der Waals surface area contributed by atoms with Gasteiger partial charge in [0.2, 0.25) is 0 Å². The number of allylic oxidation sites excluding steroid dienone is 1. The van der Waals surface area contributed by atoms with Gasteiger partial charge in [-0.2, -0.15) is 5.10 Å². The zero-order valence-corrected chi connectivity index (χ0v) is 16.7. The van der Waals surface area contributed by atoms with Crippen LogP contribution in [0.25, 0.3) is 5.69 Å². The number of fused-ring (bicyclic) bond motifs is 1. The van der Waals surface area contributed by atoms with E-state index in [0.29, 0.717) is 22.0 Å². The molecule has 0 saturated heterocycles. The molecule has 0 fully saturated rings. The predicted octanol–water partition coefficient (Wildman–Crippen LogP) is 5.06. The molecule has 29 heavy (non-hydrogen) atoms. The zero-order valence-electron chi connectivity index (χ0n) is 15.9. The van der Waals surface area contributed by atoms with Crippen LogP contribution in [-0.2, 0) is 9.53 Å². The van der Waals surface area contributed by atoms with Crippen LogP contribution in [-0.4, -0.2) is 22.4 Å². The summed E-state index contributed by atoms with van der Waals surface area (Å²) in [5.41, 5.74) is 3.64. The summed E-state index contributed by atoms with van der Waals surface area (Å²) in [5.74, 6) is -0.334.